The Morgan fingerprint density at radius 3 is 2.50 bits per heavy atom. The molecule has 0 saturated heterocycles. The van der Waals surface area contributed by atoms with Crippen LogP contribution < -0.4 is 9.47 Å². The van der Waals surface area contributed by atoms with Crippen molar-refractivity contribution in [1.29, 1.82) is 0 Å². The molecule has 1 atom stereocenters. The molecule has 1 aromatic rings. The Hall–Kier alpha value is -0.550. The van der Waals surface area contributed by atoms with E-state index in [1.807, 2.05) is 0 Å². The molecule has 0 spiro atoms. The normalized spacial score (nSPS) is 12.0. The maximum atomic E-state index is 12.0. The van der Waals surface area contributed by atoms with Crippen LogP contribution in [0.15, 0.2) is 22.7 Å². The molecule has 22 heavy (non-hydrogen) atoms. The van der Waals surface area contributed by atoms with Gasteiger partial charge in [0.15, 0.2) is 0 Å². The molecule has 0 aromatic heterocycles. The Balaban J connectivity index is 2.33. The zero-order valence-corrected chi connectivity index (χ0v) is 16.4. The third-order valence-corrected chi connectivity index (χ3v) is 4.86. The van der Waals surface area contributed by atoms with E-state index in [4.69, 9.17) is 9.47 Å². The predicted molar refractivity (Wildman–Crippen MR) is 97.0 cm³/mol. The van der Waals surface area contributed by atoms with Crippen LogP contribution in [0.25, 0.3) is 0 Å². The van der Waals surface area contributed by atoms with Crippen molar-refractivity contribution in [3.05, 3.63) is 22.7 Å². The number of ether oxygens (including phenoxy) is 2. The van der Waals surface area contributed by atoms with E-state index in [2.05, 4.69) is 38.8 Å². The molecule has 0 N–H and O–H groups in total. The molecule has 1 aromatic carbocycles. The second-order valence-electron chi connectivity index (χ2n) is 5.24. The van der Waals surface area contributed by atoms with Gasteiger partial charge in [-0.25, -0.2) is 0 Å². The SMILES string of the molecule is CCCCCCCC[C@H](Br)C(=O)Oc1ccc(OC)c(Br)c1. The van der Waals surface area contributed by atoms with Gasteiger partial charge in [0.1, 0.15) is 16.3 Å². The average Bonchev–Trinajstić information content (AvgIpc) is 2.50. The van der Waals surface area contributed by atoms with Crippen LogP contribution >= 0.6 is 31.9 Å². The molecule has 0 fully saturated rings. The number of esters is 1. The molecular weight excluding hydrogens is 412 g/mol. The van der Waals surface area contributed by atoms with Crippen molar-refractivity contribution in [2.45, 2.75) is 56.7 Å². The number of alkyl halides is 1. The second-order valence-corrected chi connectivity index (χ2v) is 7.20. The van der Waals surface area contributed by atoms with Gasteiger partial charge in [0, 0.05) is 0 Å². The minimum absolute atomic E-state index is 0.245. The lowest BCUT2D eigenvalue weighted by molar-refractivity contribution is -0.133. The topological polar surface area (TPSA) is 35.5 Å². The summed E-state index contributed by atoms with van der Waals surface area (Å²) in [6.07, 6.45) is 8.10. The first-order valence-electron chi connectivity index (χ1n) is 7.77. The van der Waals surface area contributed by atoms with Crippen molar-refractivity contribution in [2.75, 3.05) is 7.11 Å². The van der Waals surface area contributed by atoms with Crippen molar-refractivity contribution in [2.24, 2.45) is 0 Å². The molecular formula is C17H24Br2O3. The molecule has 0 aliphatic carbocycles. The van der Waals surface area contributed by atoms with Crippen LogP contribution in [-0.4, -0.2) is 17.9 Å². The van der Waals surface area contributed by atoms with E-state index in [0.717, 1.165) is 17.3 Å². The largest absolute Gasteiger partial charge is 0.496 e. The van der Waals surface area contributed by atoms with Crippen LogP contribution in [-0.2, 0) is 4.79 Å². The highest BCUT2D eigenvalue weighted by molar-refractivity contribution is 9.10. The number of methoxy groups -OCH3 is 1. The Morgan fingerprint density at radius 1 is 1.18 bits per heavy atom. The monoisotopic (exact) mass is 434 g/mol. The third kappa shape index (κ3) is 7.14. The van der Waals surface area contributed by atoms with Gasteiger partial charge >= 0.3 is 5.97 Å². The van der Waals surface area contributed by atoms with Gasteiger partial charge < -0.3 is 9.47 Å². The van der Waals surface area contributed by atoms with E-state index < -0.39 is 0 Å². The first-order chi connectivity index (χ1) is 10.6. The van der Waals surface area contributed by atoms with Crippen molar-refractivity contribution >= 4 is 37.8 Å². The summed E-state index contributed by atoms with van der Waals surface area (Å²) in [5.74, 6) is 0.984. The highest BCUT2D eigenvalue weighted by atomic mass is 79.9. The predicted octanol–water partition coefficient (Wildman–Crippen LogP) is 5.88. The van der Waals surface area contributed by atoms with Gasteiger partial charge in [-0.15, -0.1) is 0 Å². The molecule has 0 bridgehead atoms. The van der Waals surface area contributed by atoms with Crippen LogP contribution in [0.4, 0.5) is 0 Å². The fourth-order valence-corrected chi connectivity index (χ4v) is 3.05. The zero-order valence-electron chi connectivity index (χ0n) is 13.2. The van der Waals surface area contributed by atoms with Crippen LogP contribution in [0.1, 0.15) is 51.9 Å². The summed E-state index contributed by atoms with van der Waals surface area (Å²) in [4.78, 5) is 11.8. The molecule has 0 aliphatic heterocycles. The quantitative estimate of drug-likeness (QED) is 0.199. The molecule has 3 nitrogen and oxygen atoms in total. The summed E-state index contributed by atoms with van der Waals surface area (Å²) >= 11 is 6.80. The average molecular weight is 436 g/mol. The molecule has 124 valence electrons. The molecule has 0 aliphatic rings. The Morgan fingerprint density at radius 2 is 1.86 bits per heavy atom. The number of unbranched alkanes of at least 4 members (excludes halogenated alkanes) is 5. The summed E-state index contributed by atoms with van der Waals surface area (Å²) in [6, 6.07) is 5.23. The number of rotatable bonds is 10. The highest BCUT2D eigenvalue weighted by Crippen LogP contribution is 2.29. The number of hydrogen-bond donors (Lipinski definition) is 0. The maximum absolute atomic E-state index is 12.0. The highest BCUT2D eigenvalue weighted by Gasteiger charge is 2.17. The van der Waals surface area contributed by atoms with Crippen molar-refractivity contribution < 1.29 is 14.3 Å². The third-order valence-electron chi connectivity index (χ3n) is 3.41. The van der Waals surface area contributed by atoms with Crippen molar-refractivity contribution in [1.82, 2.24) is 0 Å². The van der Waals surface area contributed by atoms with E-state index in [0.29, 0.717) is 11.5 Å². The molecule has 0 saturated carbocycles. The molecule has 1 rings (SSSR count). The Kier molecular flexibility index (Phi) is 9.80. The standard InChI is InChI=1S/C17H24Br2O3/c1-3-4-5-6-7-8-9-14(18)17(20)22-13-10-11-16(21-2)15(19)12-13/h10-12,14H,3-9H2,1-2H3/t14-/m0/s1. The van der Waals surface area contributed by atoms with Crippen LogP contribution in [0.5, 0.6) is 11.5 Å². The van der Waals surface area contributed by atoms with E-state index >= 15 is 0 Å². The van der Waals surface area contributed by atoms with E-state index in [1.165, 1.54) is 32.1 Å². The van der Waals surface area contributed by atoms with Gasteiger partial charge in [-0.1, -0.05) is 61.4 Å². The number of carbonyl (C=O) groups excluding carboxylic acids is 1. The lowest BCUT2D eigenvalue weighted by Crippen LogP contribution is -2.20. The van der Waals surface area contributed by atoms with Crippen LogP contribution in [0.2, 0.25) is 0 Å². The minimum atomic E-state index is -0.250. The number of carbonyl (C=O) groups is 1. The van der Waals surface area contributed by atoms with E-state index in [-0.39, 0.29) is 10.8 Å². The van der Waals surface area contributed by atoms with E-state index in [1.54, 1.807) is 25.3 Å². The second kappa shape index (κ2) is 11.1. The fraction of sp³-hybridized carbons (Fsp3) is 0.588. The van der Waals surface area contributed by atoms with E-state index in [9.17, 15) is 4.79 Å². The smallest absolute Gasteiger partial charge is 0.325 e. The summed E-state index contributed by atoms with van der Waals surface area (Å²) in [5.41, 5.74) is 0. The molecule has 0 unspecified atom stereocenters. The summed E-state index contributed by atoms with van der Waals surface area (Å²) in [6.45, 7) is 2.21. The fourth-order valence-electron chi connectivity index (χ4n) is 2.11. The summed E-state index contributed by atoms with van der Waals surface area (Å²) < 4.78 is 11.3. The van der Waals surface area contributed by atoms with Crippen LogP contribution in [0, 0.1) is 0 Å². The van der Waals surface area contributed by atoms with Crippen LogP contribution in [0.3, 0.4) is 0 Å². The summed E-state index contributed by atoms with van der Waals surface area (Å²) in [5, 5.41) is 0. The van der Waals surface area contributed by atoms with Gasteiger partial charge in [-0.05, 0) is 40.5 Å². The molecule has 0 heterocycles. The van der Waals surface area contributed by atoms with Crippen molar-refractivity contribution in [3.63, 3.8) is 0 Å². The minimum Gasteiger partial charge on any atom is -0.496 e. The van der Waals surface area contributed by atoms with Gasteiger partial charge in [-0.2, -0.15) is 0 Å². The Labute approximate surface area is 150 Å². The summed E-state index contributed by atoms with van der Waals surface area (Å²) in [7, 11) is 1.60. The first-order valence-corrected chi connectivity index (χ1v) is 9.48. The zero-order chi connectivity index (χ0) is 16.4. The lowest BCUT2D eigenvalue weighted by atomic mass is 10.1. The molecule has 0 amide bonds. The Bertz CT molecular complexity index is 463. The molecule has 5 heteroatoms. The van der Waals surface area contributed by atoms with Gasteiger partial charge in [0.25, 0.3) is 0 Å². The van der Waals surface area contributed by atoms with Crippen molar-refractivity contribution in [3.8, 4) is 11.5 Å². The van der Waals surface area contributed by atoms with Gasteiger partial charge in [0.05, 0.1) is 11.6 Å². The number of halogens is 2. The number of benzene rings is 1. The first kappa shape index (κ1) is 19.5. The number of hydrogen-bond acceptors (Lipinski definition) is 3. The van der Waals surface area contributed by atoms with Gasteiger partial charge in [-0.3, -0.25) is 4.79 Å². The maximum Gasteiger partial charge on any atom is 0.325 e. The van der Waals surface area contributed by atoms with Gasteiger partial charge in [0.2, 0.25) is 0 Å². The lowest BCUT2D eigenvalue weighted by Gasteiger charge is -2.11. The molecule has 0 radical (unpaired) electrons.